The maximum atomic E-state index is 14.3. The number of hydrogen-bond donors (Lipinski definition) is 2. The van der Waals surface area contributed by atoms with Crippen molar-refractivity contribution >= 4 is 94.9 Å². The van der Waals surface area contributed by atoms with Crippen molar-refractivity contribution in [3.05, 3.63) is 108 Å². The number of amidine groups is 1. The highest BCUT2D eigenvalue weighted by Gasteiger charge is 2.44. The minimum atomic E-state index is -0.614. The van der Waals surface area contributed by atoms with E-state index in [4.69, 9.17) is 0 Å². The number of fused-ring (bicyclic) bond motifs is 2. The van der Waals surface area contributed by atoms with Gasteiger partial charge in [-0.2, -0.15) is 0 Å². The van der Waals surface area contributed by atoms with Crippen LogP contribution in [0, 0.1) is 6.92 Å². The highest BCUT2D eigenvalue weighted by atomic mass is 79.9. The number of thioether (sulfide) groups is 1. The minimum absolute atomic E-state index is 0.0171. The smallest absolute Gasteiger partial charge is 0.296 e. The molecule has 0 saturated carbocycles. The first kappa shape index (κ1) is 28.3. The number of aromatic nitrogens is 2. The van der Waals surface area contributed by atoms with Gasteiger partial charge in [0.1, 0.15) is 5.69 Å². The van der Waals surface area contributed by atoms with Crippen molar-refractivity contribution in [2.75, 3.05) is 15.5 Å². The summed E-state index contributed by atoms with van der Waals surface area (Å²) in [5.74, 6) is -1.53. The standard InChI is InChI=1S/C30H19Br2N7O4S/c1-14-24(28(42)39(37(14)2)17-6-4-3-5-7-17)38-29(43)25(22-18-12-15(31)8-10-20(18)33-26(22)40)44-30(38)36-35-23-19-13-16(32)9-11-21(19)34-27(23)41/h3-13H,1-2H3,(H,33,40)(H,34,35,41). The zero-order valence-electron chi connectivity index (χ0n) is 22.9. The van der Waals surface area contributed by atoms with Gasteiger partial charge in [-0.05, 0) is 67.2 Å². The van der Waals surface area contributed by atoms with Gasteiger partial charge < -0.3 is 10.6 Å². The van der Waals surface area contributed by atoms with Crippen LogP contribution in [0.25, 0.3) is 11.3 Å². The molecule has 3 aliphatic heterocycles. The van der Waals surface area contributed by atoms with E-state index in [1.807, 2.05) is 18.2 Å². The molecular weight excluding hydrogens is 714 g/mol. The Hall–Kier alpha value is -4.53. The van der Waals surface area contributed by atoms with Gasteiger partial charge in [-0.15, -0.1) is 10.2 Å². The Morgan fingerprint density at radius 3 is 2.14 bits per heavy atom. The summed E-state index contributed by atoms with van der Waals surface area (Å²) in [6.45, 7) is 1.72. The second-order valence-corrected chi connectivity index (χ2v) is 12.8. The van der Waals surface area contributed by atoms with Crippen molar-refractivity contribution in [3.8, 4) is 5.69 Å². The second-order valence-electron chi connectivity index (χ2n) is 9.98. The first-order valence-corrected chi connectivity index (χ1v) is 15.5. The van der Waals surface area contributed by atoms with Crippen LogP contribution in [0.4, 0.5) is 17.1 Å². The molecule has 14 heteroatoms. The number of hydrogen-bond acceptors (Lipinski definition) is 7. The Balaban J connectivity index is 1.44. The van der Waals surface area contributed by atoms with Gasteiger partial charge in [0.25, 0.3) is 23.3 Å². The number of nitrogens with one attached hydrogen (secondary N) is 2. The number of carbonyl (C=O) groups is 3. The van der Waals surface area contributed by atoms with E-state index in [2.05, 4.69) is 52.7 Å². The maximum absolute atomic E-state index is 14.3. The molecule has 3 aliphatic rings. The lowest BCUT2D eigenvalue weighted by Crippen LogP contribution is -2.34. The lowest BCUT2D eigenvalue weighted by atomic mass is 10.1. The molecular formula is C30H19Br2N7O4S. The van der Waals surface area contributed by atoms with Crippen LogP contribution in [0.2, 0.25) is 0 Å². The van der Waals surface area contributed by atoms with Gasteiger partial charge in [-0.25, -0.2) is 9.58 Å². The summed E-state index contributed by atoms with van der Waals surface area (Å²) in [6.07, 6.45) is 0. The molecule has 4 heterocycles. The molecule has 44 heavy (non-hydrogen) atoms. The number of amides is 3. The van der Waals surface area contributed by atoms with E-state index in [-0.39, 0.29) is 27.0 Å². The number of rotatable bonds is 3. The minimum Gasteiger partial charge on any atom is -0.321 e. The van der Waals surface area contributed by atoms with Crippen LogP contribution in [0.3, 0.4) is 0 Å². The van der Waals surface area contributed by atoms with Crippen molar-refractivity contribution in [2.24, 2.45) is 17.3 Å². The molecule has 1 fully saturated rings. The first-order chi connectivity index (χ1) is 21.1. The van der Waals surface area contributed by atoms with Gasteiger partial charge in [0, 0.05) is 32.8 Å². The molecule has 1 aromatic heterocycles. The Morgan fingerprint density at radius 1 is 0.795 bits per heavy atom. The third-order valence-corrected chi connectivity index (χ3v) is 9.43. The summed E-state index contributed by atoms with van der Waals surface area (Å²) >= 11 is 7.77. The van der Waals surface area contributed by atoms with Crippen molar-refractivity contribution < 1.29 is 14.4 Å². The van der Waals surface area contributed by atoms with Crippen molar-refractivity contribution in [1.82, 2.24) is 9.36 Å². The predicted octanol–water partition coefficient (Wildman–Crippen LogP) is 5.17. The molecule has 1 saturated heterocycles. The van der Waals surface area contributed by atoms with Crippen molar-refractivity contribution in [1.29, 1.82) is 0 Å². The number of para-hydroxylation sites is 1. The molecule has 0 spiro atoms. The molecule has 3 amide bonds. The molecule has 0 unspecified atom stereocenters. The SMILES string of the molecule is Cc1c(N2C(=O)C(=C3C(=O)Nc4ccc(Br)cc43)SC2=NN=C2C(=O)Nc3ccc(Br)cc32)c(=O)n(-c2ccccc2)n1C. The molecule has 0 atom stereocenters. The van der Waals surface area contributed by atoms with Crippen molar-refractivity contribution in [2.45, 2.75) is 6.92 Å². The van der Waals surface area contributed by atoms with Crippen LogP contribution in [-0.2, 0) is 21.4 Å². The zero-order valence-corrected chi connectivity index (χ0v) is 26.9. The van der Waals surface area contributed by atoms with E-state index < -0.39 is 23.3 Å². The monoisotopic (exact) mass is 731 g/mol. The topological polar surface area (TPSA) is 130 Å². The summed E-state index contributed by atoms with van der Waals surface area (Å²) in [5.41, 5.74) is 3.05. The Morgan fingerprint density at radius 2 is 1.43 bits per heavy atom. The van der Waals surface area contributed by atoms with Gasteiger partial charge in [0.05, 0.1) is 27.5 Å². The van der Waals surface area contributed by atoms with Gasteiger partial charge in [0.15, 0.2) is 5.71 Å². The molecule has 3 aromatic carbocycles. The molecule has 0 radical (unpaired) electrons. The molecule has 0 aliphatic carbocycles. The number of carbonyl (C=O) groups excluding carboxylic acids is 3. The predicted molar refractivity (Wildman–Crippen MR) is 177 cm³/mol. The van der Waals surface area contributed by atoms with Crippen LogP contribution in [0.1, 0.15) is 16.8 Å². The maximum Gasteiger partial charge on any atom is 0.296 e. The van der Waals surface area contributed by atoms with E-state index in [1.165, 1.54) is 9.58 Å². The molecule has 4 aromatic rings. The highest BCUT2D eigenvalue weighted by molar-refractivity contribution is 9.10. The highest BCUT2D eigenvalue weighted by Crippen LogP contribution is 2.44. The summed E-state index contributed by atoms with van der Waals surface area (Å²) in [5, 5.41) is 14.2. The normalized spacial score (nSPS) is 19.2. The largest absolute Gasteiger partial charge is 0.321 e. The third-order valence-electron chi connectivity index (χ3n) is 7.42. The van der Waals surface area contributed by atoms with Gasteiger partial charge >= 0.3 is 0 Å². The zero-order chi connectivity index (χ0) is 30.9. The molecule has 11 nitrogen and oxygen atoms in total. The average molecular weight is 733 g/mol. The fraction of sp³-hybridized carbons (Fsp3) is 0.0667. The molecule has 218 valence electrons. The van der Waals surface area contributed by atoms with Crippen LogP contribution in [0.5, 0.6) is 0 Å². The van der Waals surface area contributed by atoms with E-state index in [9.17, 15) is 19.2 Å². The van der Waals surface area contributed by atoms with E-state index in [0.29, 0.717) is 33.9 Å². The van der Waals surface area contributed by atoms with Crippen LogP contribution in [0.15, 0.2) is 95.6 Å². The Kier molecular flexibility index (Phi) is 6.79. The lowest BCUT2D eigenvalue weighted by molar-refractivity contribution is -0.114. The molecule has 7 rings (SSSR count). The lowest BCUT2D eigenvalue weighted by Gasteiger charge is -2.13. The Bertz CT molecular complexity index is 2130. The second kappa shape index (κ2) is 10.6. The number of halogens is 2. The quantitative estimate of drug-likeness (QED) is 0.222. The fourth-order valence-corrected chi connectivity index (χ4v) is 7.02. The summed E-state index contributed by atoms with van der Waals surface area (Å²) in [6, 6.07) is 19.6. The number of nitrogens with zero attached hydrogens (tertiary/aromatic N) is 5. The molecule has 2 N–H and O–H groups in total. The number of benzene rings is 3. The van der Waals surface area contributed by atoms with Gasteiger partial charge in [-0.3, -0.25) is 23.9 Å². The summed E-state index contributed by atoms with van der Waals surface area (Å²) in [7, 11) is 1.72. The van der Waals surface area contributed by atoms with Crippen LogP contribution in [-0.4, -0.2) is 38.0 Å². The first-order valence-electron chi connectivity index (χ1n) is 13.1. The van der Waals surface area contributed by atoms with Crippen LogP contribution >= 0.6 is 43.6 Å². The van der Waals surface area contributed by atoms with E-state index in [1.54, 1.807) is 67.2 Å². The van der Waals surface area contributed by atoms with E-state index in [0.717, 1.165) is 20.7 Å². The third kappa shape index (κ3) is 4.40. The molecule has 0 bridgehead atoms. The van der Waals surface area contributed by atoms with Crippen LogP contribution < -0.4 is 21.1 Å². The van der Waals surface area contributed by atoms with Gasteiger partial charge in [0.2, 0.25) is 5.17 Å². The Labute approximate surface area is 270 Å². The fourth-order valence-electron chi connectivity index (χ4n) is 5.28. The van der Waals surface area contributed by atoms with Crippen molar-refractivity contribution in [3.63, 3.8) is 0 Å². The number of anilines is 3. The van der Waals surface area contributed by atoms with E-state index >= 15 is 0 Å². The summed E-state index contributed by atoms with van der Waals surface area (Å²) in [4.78, 5) is 55.6. The average Bonchev–Trinajstić information content (AvgIpc) is 3.66. The van der Waals surface area contributed by atoms with Gasteiger partial charge in [-0.1, -0.05) is 50.1 Å². The summed E-state index contributed by atoms with van der Waals surface area (Å²) < 4.78 is 4.56.